The summed E-state index contributed by atoms with van der Waals surface area (Å²) in [5, 5.41) is 21.8. The number of nitrogens with one attached hydrogen (secondary N) is 2. The molecule has 12 heteroatoms. The predicted octanol–water partition coefficient (Wildman–Crippen LogP) is 3.74. The van der Waals surface area contributed by atoms with Crippen LogP contribution in [0.5, 0.6) is 0 Å². The van der Waals surface area contributed by atoms with E-state index in [0.717, 1.165) is 11.3 Å². The Balaban J connectivity index is 1.46. The van der Waals surface area contributed by atoms with E-state index in [-0.39, 0.29) is 36.0 Å². The summed E-state index contributed by atoms with van der Waals surface area (Å²) in [5.41, 5.74) is 5.60. The van der Waals surface area contributed by atoms with Gasteiger partial charge in [0.25, 0.3) is 0 Å². The zero-order chi connectivity index (χ0) is 25.1. The minimum atomic E-state index is -1.06. The van der Waals surface area contributed by atoms with Crippen molar-refractivity contribution in [2.75, 3.05) is 24.3 Å². The lowest BCUT2D eigenvalue weighted by atomic mass is 10.0. The number of carboxylic acids is 1. The van der Waals surface area contributed by atoms with Gasteiger partial charge < -0.3 is 19.7 Å². The quantitative estimate of drug-likeness (QED) is 0.408. The molecule has 0 aliphatic carbocycles. The predicted molar refractivity (Wildman–Crippen MR) is 134 cm³/mol. The number of carboxylic acid groups (broad SMARTS) is 1. The molecule has 1 saturated heterocycles. The lowest BCUT2D eigenvalue weighted by Gasteiger charge is -2.23. The maximum atomic E-state index is 12.2. The molecule has 0 radical (unpaired) electrons. The molecule has 3 N–H and O–H groups in total. The summed E-state index contributed by atoms with van der Waals surface area (Å²) in [6.45, 7) is 1.61. The number of aromatic nitrogens is 2. The highest BCUT2D eigenvalue weighted by Gasteiger charge is 2.32. The molecule has 11 nitrogen and oxygen atoms in total. The maximum Gasteiger partial charge on any atom is 0.344 e. The largest absolute Gasteiger partial charge is 0.478 e. The first-order valence-electron chi connectivity index (χ1n) is 10.7. The van der Waals surface area contributed by atoms with Crippen LogP contribution in [0.3, 0.4) is 0 Å². The Kier molecular flexibility index (Phi) is 7.01. The number of carbonyl (C=O) groups is 2. The summed E-state index contributed by atoms with van der Waals surface area (Å²) in [5.74, 6) is -0.442. The van der Waals surface area contributed by atoms with Crippen LogP contribution >= 0.6 is 15.9 Å². The molecule has 1 fully saturated rings. The van der Waals surface area contributed by atoms with E-state index >= 15 is 0 Å². The van der Waals surface area contributed by atoms with Crippen LogP contribution in [-0.2, 0) is 11.3 Å². The number of nitrogens with zero attached hydrogens (tertiary/aromatic N) is 5. The minimum Gasteiger partial charge on any atom is -0.478 e. The topological polar surface area (TPSA) is 136 Å². The fourth-order valence-electron chi connectivity index (χ4n) is 3.66. The van der Waals surface area contributed by atoms with Gasteiger partial charge in [-0.1, -0.05) is 33.2 Å². The Morgan fingerprint density at radius 1 is 1.26 bits per heavy atom. The monoisotopic (exact) mass is 541 g/mol. The van der Waals surface area contributed by atoms with Crippen molar-refractivity contribution in [1.29, 1.82) is 0 Å². The highest BCUT2D eigenvalue weighted by Crippen LogP contribution is 2.30. The van der Waals surface area contributed by atoms with Crippen molar-refractivity contribution in [2.24, 2.45) is 4.99 Å². The normalized spacial score (nSPS) is 16.3. The lowest BCUT2D eigenvalue weighted by Crippen LogP contribution is -2.38. The molecular formula is C23H24BrN7O4. The van der Waals surface area contributed by atoms with Crippen molar-refractivity contribution in [3.8, 4) is 0 Å². The molecule has 1 aliphatic heterocycles. The van der Waals surface area contributed by atoms with Gasteiger partial charge in [0.2, 0.25) is 11.8 Å². The number of amides is 1. The van der Waals surface area contributed by atoms with E-state index in [1.54, 1.807) is 12.1 Å². The van der Waals surface area contributed by atoms with Gasteiger partial charge in [-0.15, -0.1) is 5.10 Å². The van der Waals surface area contributed by atoms with Crippen LogP contribution in [0.1, 0.15) is 41.2 Å². The van der Waals surface area contributed by atoms with Gasteiger partial charge in [0.05, 0.1) is 18.2 Å². The number of carbonyl (C=O) groups excluding carboxylic acids is 1. The second kappa shape index (κ2) is 10.1. The molecule has 1 aliphatic rings. The fourth-order valence-corrected chi connectivity index (χ4v) is 4.02. The van der Waals surface area contributed by atoms with Crippen LogP contribution in [0.2, 0.25) is 0 Å². The molecule has 35 heavy (non-hydrogen) atoms. The Bertz CT molecular complexity index is 1270. The summed E-state index contributed by atoms with van der Waals surface area (Å²) < 4.78 is 6.25. The van der Waals surface area contributed by atoms with Crippen molar-refractivity contribution < 1.29 is 19.1 Å². The smallest absolute Gasteiger partial charge is 0.344 e. The molecule has 1 atom stereocenters. The van der Waals surface area contributed by atoms with Crippen molar-refractivity contribution in [3.05, 3.63) is 64.0 Å². The second-order valence-corrected chi connectivity index (χ2v) is 9.01. The Labute approximate surface area is 209 Å². The number of rotatable bonds is 7. The summed E-state index contributed by atoms with van der Waals surface area (Å²) in [4.78, 5) is 30.1. The van der Waals surface area contributed by atoms with Crippen LogP contribution in [0, 0.1) is 0 Å². The maximum absolute atomic E-state index is 12.2. The molecule has 182 valence electrons. The number of aliphatic imine (C=N–C) groups is 1. The van der Waals surface area contributed by atoms with Crippen LogP contribution in [0.25, 0.3) is 0 Å². The number of halogens is 1. The zero-order valence-corrected chi connectivity index (χ0v) is 20.9. The number of anilines is 2. The number of aromatic carboxylic acids is 1. The number of hydrogen-bond donors (Lipinski definition) is 3. The van der Waals surface area contributed by atoms with E-state index in [2.05, 4.69) is 41.9 Å². The van der Waals surface area contributed by atoms with E-state index in [0.29, 0.717) is 22.4 Å². The van der Waals surface area contributed by atoms with Crippen molar-refractivity contribution in [2.45, 2.75) is 25.9 Å². The van der Waals surface area contributed by atoms with E-state index < -0.39 is 5.97 Å². The first-order valence-corrected chi connectivity index (χ1v) is 11.5. The Morgan fingerprint density at radius 3 is 2.66 bits per heavy atom. The van der Waals surface area contributed by atoms with Gasteiger partial charge in [-0.05, 0) is 35.9 Å². The molecule has 3 aromatic rings. The number of benzene rings is 2. The summed E-state index contributed by atoms with van der Waals surface area (Å²) in [6, 6.07) is 12.7. The van der Waals surface area contributed by atoms with E-state index in [1.807, 2.05) is 43.3 Å². The average molecular weight is 542 g/mol. The second-order valence-electron chi connectivity index (χ2n) is 8.09. The van der Waals surface area contributed by atoms with Crippen molar-refractivity contribution in [3.63, 3.8) is 0 Å². The molecule has 2 heterocycles. The van der Waals surface area contributed by atoms with Gasteiger partial charge in [-0.3, -0.25) is 10.2 Å². The molecule has 0 saturated carbocycles. The highest BCUT2D eigenvalue weighted by atomic mass is 79.9. The van der Waals surface area contributed by atoms with Gasteiger partial charge in [0.1, 0.15) is 5.84 Å². The van der Waals surface area contributed by atoms with Crippen molar-refractivity contribution >= 4 is 51.0 Å². The molecule has 0 bridgehead atoms. The van der Waals surface area contributed by atoms with Gasteiger partial charge in [-0.25, -0.2) is 9.80 Å². The van der Waals surface area contributed by atoms with Gasteiger partial charge >= 0.3 is 12.0 Å². The van der Waals surface area contributed by atoms with E-state index in [1.165, 1.54) is 18.0 Å². The number of hydrazine groups is 1. The third kappa shape index (κ3) is 5.60. The zero-order valence-electron chi connectivity index (χ0n) is 19.3. The number of hydrogen-bond acceptors (Lipinski definition) is 8. The SMILES string of the molecule is CC(=O)N1N/C(=N\c2nnc(CNc3ccc(Br)cc3C(=O)O)o2)CC1c1ccc(N(C)C)cc1. The third-order valence-electron chi connectivity index (χ3n) is 5.41. The van der Waals surface area contributed by atoms with Gasteiger partial charge in [0, 0.05) is 43.3 Å². The van der Waals surface area contributed by atoms with Crippen molar-refractivity contribution in [1.82, 2.24) is 20.6 Å². The summed E-state index contributed by atoms with van der Waals surface area (Å²) >= 11 is 3.27. The number of amidine groups is 1. The lowest BCUT2D eigenvalue weighted by molar-refractivity contribution is -0.132. The fraction of sp³-hybridized carbons (Fsp3) is 0.261. The van der Waals surface area contributed by atoms with Crippen LogP contribution in [0.4, 0.5) is 17.4 Å². The highest BCUT2D eigenvalue weighted by molar-refractivity contribution is 9.10. The van der Waals surface area contributed by atoms with Gasteiger partial charge in [0.15, 0.2) is 0 Å². The van der Waals surface area contributed by atoms with Crippen LogP contribution < -0.4 is 15.6 Å². The van der Waals surface area contributed by atoms with Gasteiger partial charge in [-0.2, -0.15) is 4.99 Å². The Morgan fingerprint density at radius 2 is 2.00 bits per heavy atom. The summed E-state index contributed by atoms with van der Waals surface area (Å²) in [6.07, 6.45) is 0.456. The molecule has 2 aromatic carbocycles. The van der Waals surface area contributed by atoms with Crippen LogP contribution in [-0.4, -0.2) is 52.1 Å². The molecule has 0 spiro atoms. The Hall–Kier alpha value is -3.93. The van der Waals surface area contributed by atoms with Crippen LogP contribution in [0.15, 0.2) is 56.3 Å². The molecule has 1 aromatic heterocycles. The molecule has 1 amide bonds. The van der Waals surface area contributed by atoms with E-state index in [9.17, 15) is 14.7 Å². The minimum absolute atomic E-state index is 0.0330. The molecule has 1 unspecified atom stereocenters. The standard InChI is InChI=1S/C23H24BrN7O4/c1-13(32)31-19(14-4-7-16(8-5-14)30(2)3)11-20(29-31)26-23-28-27-21(35-23)12-25-18-9-6-15(24)10-17(18)22(33)34/h4-10,19,25H,11-12H2,1-3H3,(H,33,34)(H,26,28,29). The summed E-state index contributed by atoms with van der Waals surface area (Å²) in [7, 11) is 3.94. The first-order chi connectivity index (χ1) is 16.7. The molecular weight excluding hydrogens is 518 g/mol. The third-order valence-corrected chi connectivity index (χ3v) is 5.90. The average Bonchev–Trinajstić information content (AvgIpc) is 3.45. The van der Waals surface area contributed by atoms with E-state index in [4.69, 9.17) is 4.42 Å². The molecule has 4 rings (SSSR count). The first kappa shape index (κ1) is 24.2.